The first-order valence-electron chi connectivity index (χ1n) is 11.8. The molecule has 0 aliphatic carbocycles. The molecule has 0 spiro atoms. The second-order valence-electron chi connectivity index (χ2n) is 9.83. The maximum absolute atomic E-state index is 12.8. The van der Waals surface area contributed by atoms with Crippen molar-refractivity contribution < 1.29 is 9.53 Å². The summed E-state index contributed by atoms with van der Waals surface area (Å²) in [7, 11) is 0. The molecule has 0 radical (unpaired) electrons. The molecule has 0 saturated carbocycles. The number of para-hydroxylation sites is 1. The number of amides is 1. The van der Waals surface area contributed by atoms with E-state index in [9.17, 15) is 4.79 Å². The first kappa shape index (κ1) is 22.7. The quantitative estimate of drug-likeness (QED) is 0.308. The Morgan fingerprint density at radius 1 is 1.09 bits per heavy atom. The molecule has 0 bridgehead atoms. The summed E-state index contributed by atoms with van der Waals surface area (Å²) in [4.78, 5) is 24.2. The molecule has 1 aliphatic rings. The lowest BCUT2D eigenvalue weighted by atomic mass is 10.1. The first-order chi connectivity index (χ1) is 16.3. The molecule has 2 aromatic heterocycles. The van der Waals surface area contributed by atoms with Gasteiger partial charge < -0.3 is 14.2 Å². The van der Waals surface area contributed by atoms with Crippen LogP contribution in [-0.4, -0.2) is 43.7 Å². The van der Waals surface area contributed by atoms with Crippen LogP contribution in [0, 0.1) is 0 Å². The van der Waals surface area contributed by atoms with Crippen LogP contribution in [0.15, 0.2) is 54.6 Å². The predicted molar refractivity (Wildman–Crippen MR) is 136 cm³/mol. The molecule has 0 unspecified atom stereocenters. The predicted octanol–water partition coefficient (Wildman–Crippen LogP) is 6.69. The van der Waals surface area contributed by atoms with E-state index in [2.05, 4.69) is 27.8 Å². The maximum Gasteiger partial charge on any atom is 0.410 e. The Hall–Kier alpha value is -3.12. The number of ether oxygens (including phenoxy) is 1. The summed E-state index contributed by atoms with van der Waals surface area (Å²) in [6, 6.07) is 18.3. The van der Waals surface area contributed by atoms with Crippen LogP contribution < -0.4 is 0 Å². The zero-order chi connectivity index (χ0) is 23.9. The van der Waals surface area contributed by atoms with Crippen molar-refractivity contribution in [1.82, 2.24) is 19.4 Å². The third-order valence-electron chi connectivity index (χ3n) is 6.26. The van der Waals surface area contributed by atoms with Gasteiger partial charge in [-0.1, -0.05) is 60.1 Å². The maximum atomic E-state index is 12.8. The van der Waals surface area contributed by atoms with Gasteiger partial charge in [-0.05, 0) is 46.1 Å². The van der Waals surface area contributed by atoms with Gasteiger partial charge in [-0.25, -0.2) is 14.8 Å². The Labute approximate surface area is 204 Å². The van der Waals surface area contributed by atoms with Crippen LogP contribution in [0.25, 0.3) is 33.3 Å². The van der Waals surface area contributed by atoms with Crippen molar-refractivity contribution >= 4 is 39.6 Å². The standard InChI is InChI=1S/C27H29ClN4O2/c1-27(2,3)34-26(33)31-16-9-12-19(31)15-17-32-23-20-13-7-8-14-21(20)29-24(28)22(23)30-25(32)18-10-5-4-6-11-18/h4-8,10-11,13-14,19H,9,12,15-17H2,1-3H3/t19-/m0/s1. The van der Waals surface area contributed by atoms with Crippen molar-refractivity contribution in [2.75, 3.05) is 6.54 Å². The minimum Gasteiger partial charge on any atom is -0.444 e. The minimum atomic E-state index is -0.506. The lowest BCUT2D eigenvalue weighted by Crippen LogP contribution is -2.40. The van der Waals surface area contributed by atoms with E-state index in [0.29, 0.717) is 17.2 Å². The smallest absolute Gasteiger partial charge is 0.410 e. The van der Waals surface area contributed by atoms with Crippen LogP contribution in [0.3, 0.4) is 0 Å². The molecule has 1 atom stereocenters. The molecular weight excluding hydrogens is 448 g/mol. The average molecular weight is 477 g/mol. The van der Waals surface area contributed by atoms with Gasteiger partial charge in [-0.3, -0.25) is 0 Å². The number of pyridine rings is 1. The number of benzene rings is 2. The SMILES string of the molecule is CC(C)(C)OC(=O)N1CCC[C@H]1CCn1c(-c2ccccc2)nc2c(Cl)nc3ccccc3c21. The molecular formula is C27H29ClN4O2. The summed E-state index contributed by atoms with van der Waals surface area (Å²) in [6.07, 6.45) is 2.53. The van der Waals surface area contributed by atoms with Crippen LogP contribution in [0.2, 0.25) is 5.15 Å². The van der Waals surface area contributed by atoms with Crippen molar-refractivity contribution in [1.29, 1.82) is 0 Å². The number of nitrogens with zero attached hydrogens (tertiary/aromatic N) is 4. The van der Waals surface area contributed by atoms with E-state index in [0.717, 1.165) is 53.6 Å². The van der Waals surface area contributed by atoms with Gasteiger partial charge in [0, 0.05) is 30.1 Å². The molecule has 4 aromatic rings. The fraction of sp³-hybridized carbons (Fsp3) is 0.370. The van der Waals surface area contributed by atoms with Gasteiger partial charge in [-0.2, -0.15) is 0 Å². The summed E-state index contributed by atoms with van der Waals surface area (Å²) >= 11 is 6.61. The van der Waals surface area contributed by atoms with E-state index in [1.54, 1.807) is 0 Å². The van der Waals surface area contributed by atoms with Crippen molar-refractivity contribution in [2.24, 2.45) is 0 Å². The second kappa shape index (κ2) is 8.91. The molecule has 7 heteroatoms. The molecule has 0 N–H and O–H groups in total. The van der Waals surface area contributed by atoms with Crippen molar-refractivity contribution in [3.63, 3.8) is 0 Å². The Morgan fingerprint density at radius 3 is 2.59 bits per heavy atom. The summed E-state index contributed by atoms with van der Waals surface area (Å²) < 4.78 is 7.91. The van der Waals surface area contributed by atoms with Crippen LogP contribution in [0.5, 0.6) is 0 Å². The second-order valence-corrected chi connectivity index (χ2v) is 10.2. The fourth-order valence-corrected chi connectivity index (χ4v) is 5.02. The largest absolute Gasteiger partial charge is 0.444 e. The Morgan fingerprint density at radius 2 is 1.82 bits per heavy atom. The van der Waals surface area contributed by atoms with E-state index < -0.39 is 5.60 Å². The number of carbonyl (C=O) groups excluding carboxylic acids is 1. The molecule has 34 heavy (non-hydrogen) atoms. The summed E-state index contributed by atoms with van der Waals surface area (Å²) in [5, 5.41) is 1.42. The highest BCUT2D eigenvalue weighted by molar-refractivity contribution is 6.35. The van der Waals surface area contributed by atoms with E-state index in [1.165, 1.54) is 0 Å². The molecule has 1 aliphatic heterocycles. The molecule has 176 valence electrons. The van der Waals surface area contributed by atoms with Crippen LogP contribution >= 0.6 is 11.6 Å². The first-order valence-corrected chi connectivity index (χ1v) is 12.2. The molecule has 1 amide bonds. The van der Waals surface area contributed by atoms with Crippen LogP contribution in [0.4, 0.5) is 4.79 Å². The minimum absolute atomic E-state index is 0.125. The van der Waals surface area contributed by atoms with Crippen LogP contribution in [0.1, 0.15) is 40.0 Å². The van der Waals surface area contributed by atoms with E-state index >= 15 is 0 Å². The number of aryl methyl sites for hydroxylation is 1. The Balaban J connectivity index is 1.55. The zero-order valence-electron chi connectivity index (χ0n) is 19.8. The van der Waals surface area contributed by atoms with Gasteiger partial charge in [0.1, 0.15) is 16.9 Å². The number of fused-ring (bicyclic) bond motifs is 3. The highest BCUT2D eigenvalue weighted by Gasteiger charge is 2.32. The number of aromatic nitrogens is 3. The highest BCUT2D eigenvalue weighted by atomic mass is 35.5. The summed E-state index contributed by atoms with van der Waals surface area (Å²) in [6.45, 7) is 7.15. The molecule has 6 nitrogen and oxygen atoms in total. The number of imidazole rings is 1. The number of carbonyl (C=O) groups is 1. The third-order valence-corrected chi connectivity index (χ3v) is 6.53. The molecule has 5 rings (SSSR count). The van der Waals surface area contributed by atoms with Gasteiger partial charge in [0.05, 0.1) is 11.0 Å². The van der Waals surface area contributed by atoms with E-state index in [4.69, 9.17) is 21.3 Å². The average Bonchev–Trinajstić information content (AvgIpc) is 3.42. The Kier molecular flexibility index (Phi) is 5.94. The summed E-state index contributed by atoms with van der Waals surface area (Å²) in [5.74, 6) is 0.859. The summed E-state index contributed by atoms with van der Waals surface area (Å²) in [5.41, 5.74) is 3.05. The monoisotopic (exact) mass is 476 g/mol. The number of likely N-dealkylation sites (tertiary alicyclic amines) is 1. The van der Waals surface area contributed by atoms with Crippen molar-refractivity contribution in [3.8, 4) is 11.4 Å². The molecule has 3 heterocycles. The third kappa shape index (κ3) is 4.34. The van der Waals surface area contributed by atoms with Gasteiger partial charge >= 0.3 is 6.09 Å². The number of halogens is 1. The molecule has 2 aromatic carbocycles. The lowest BCUT2D eigenvalue weighted by molar-refractivity contribution is 0.0218. The Bertz CT molecular complexity index is 1340. The van der Waals surface area contributed by atoms with Crippen LogP contribution in [-0.2, 0) is 11.3 Å². The normalized spacial score (nSPS) is 16.5. The van der Waals surface area contributed by atoms with Gasteiger partial charge in [0.15, 0.2) is 5.15 Å². The van der Waals surface area contributed by atoms with E-state index in [1.807, 2.05) is 62.1 Å². The van der Waals surface area contributed by atoms with Crippen molar-refractivity contribution in [2.45, 2.75) is 58.2 Å². The fourth-order valence-electron chi connectivity index (χ4n) is 4.80. The van der Waals surface area contributed by atoms with E-state index in [-0.39, 0.29) is 12.1 Å². The van der Waals surface area contributed by atoms with Gasteiger partial charge in [0.25, 0.3) is 0 Å². The number of rotatable bonds is 4. The van der Waals surface area contributed by atoms with Gasteiger partial charge in [-0.15, -0.1) is 0 Å². The molecule has 1 saturated heterocycles. The van der Waals surface area contributed by atoms with Crippen molar-refractivity contribution in [3.05, 3.63) is 59.8 Å². The number of hydrogen-bond acceptors (Lipinski definition) is 4. The zero-order valence-corrected chi connectivity index (χ0v) is 20.5. The lowest BCUT2D eigenvalue weighted by Gasteiger charge is -2.29. The number of hydrogen-bond donors (Lipinski definition) is 0. The molecule has 1 fully saturated rings. The highest BCUT2D eigenvalue weighted by Crippen LogP contribution is 2.34. The topological polar surface area (TPSA) is 60.2 Å². The van der Waals surface area contributed by atoms with Gasteiger partial charge in [0.2, 0.25) is 0 Å².